The molecule has 0 fully saturated rings. The number of benzene rings is 1. The summed E-state index contributed by atoms with van der Waals surface area (Å²) in [5, 5.41) is 9.76. The van der Waals surface area contributed by atoms with Crippen molar-refractivity contribution in [1.29, 1.82) is 0 Å². The maximum absolute atomic E-state index is 9.06. The van der Waals surface area contributed by atoms with Crippen LogP contribution in [0.5, 0.6) is 0 Å². The number of aryl methyl sites for hydroxylation is 1. The molecule has 1 aromatic rings. The average Bonchev–Trinajstić information content (AvgIpc) is 2.19. The molecule has 1 aromatic carbocycles. The van der Waals surface area contributed by atoms with Gasteiger partial charge in [0.2, 0.25) is 0 Å². The second-order valence-corrected chi connectivity index (χ2v) is 3.81. The first kappa shape index (κ1) is 11.3. The summed E-state index contributed by atoms with van der Waals surface area (Å²) < 4.78 is 0. The van der Waals surface area contributed by atoms with Crippen LogP contribution < -0.4 is 4.90 Å². The van der Waals surface area contributed by atoms with Crippen molar-refractivity contribution in [2.24, 2.45) is 0 Å². The zero-order valence-electron chi connectivity index (χ0n) is 8.84. The van der Waals surface area contributed by atoms with E-state index in [0.717, 1.165) is 23.4 Å². The van der Waals surface area contributed by atoms with Gasteiger partial charge in [-0.25, -0.2) is 0 Å². The van der Waals surface area contributed by atoms with E-state index in [1.54, 1.807) is 0 Å². The lowest BCUT2D eigenvalue weighted by atomic mass is 10.1. The Morgan fingerprint density at radius 1 is 1.43 bits per heavy atom. The third-order valence-corrected chi connectivity index (χ3v) is 2.76. The van der Waals surface area contributed by atoms with Gasteiger partial charge in [-0.1, -0.05) is 11.6 Å². The molecule has 0 aliphatic heterocycles. The predicted octanol–water partition coefficient (Wildman–Crippen LogP) is 2.60. The fourth-order valence-corrected chi connectivity index (χ4v) is 1.67. The number of aliphatic hydroxyl groups excluding tert-OH is 1. The van der Waals surface area contributed by atoms with E-state index in [9.17, 15) is 0 Å². The Labute approximate surface area is 90.1 Å². The lowest BCUT2D eigenvalue weighted by Crippen LogP contribution is -2.16. The van der Waals surface area contributed by atoms with Gasteiger partial charge in [0, 0.05) is 13.6 Å². The van der Waals surface area contributed by atoms with Crippen molar-refractivity contribution in [2.75, 3.05) is 18.5 Å². The van der Waals surface area contributed by atoms with E-state index >= 15 is 0 Å². The Hall–Kier alpha value is -0.730. The van der Waals surface area contributed by atoms with Crippen LogP contribution in [0.25, 0.3) is 0 Å². The zero-order chi connectivity index (χ0) is 10.7. The number of rotatable bonds is 3. The molecule has 0 radical (unpaired) electrons. The molecule has 3 heteroatoms. The fraction of sp³-hybridized carbons (Fsp3) is 0.455. The van der Waals surface area contributed by atoms with Gasteiger partial charge in [0.25, 0.3) is 0 Å². The van der Waals surface area contributed by atoms with Crippen LogP contribution in [0.15, 0.2) is 12.1 Å². The van der Waals surface area contributed by atoms with Crippen LogP contribution in [0.1, 0.15) is 18.1 Å². The Kier molecular flexibility index (Phi) is 3.78. The molecule has 0 unspecified atom stereocenters. The largest absolute Gasteiger partial charge is 0.392 e. The maximum atomic E-state index is 9.06. The molecule has 1 rings (SSSR count). The molecule has 0 aliphatic carbocycles. The fourth-order valence-electron chi connectivity index (χ4n) is 1.34. The second-order valence-electron chi connectivity index (χ2n) is 3.40. The van der Waals surface area contributed by atoms with Crippen molar-refractivity contribution in [3.63, 3.8) is 0 Å². The van der Waals surface area contributed by atoms with E-state index in [4.69, 9.17) is 16.7 Å². The molecule has 0 saturated heterocycles. The summed E-state index contributed by atoms with van der Waals surface area (Å²) in [5.74, 6) is 0. The van der Waals surface area contributed by atoms with E-state index in [2.05, 4.69) is 11.8 Å². The minimum atomic E-state index is 0.0433. The van der Waals surface area contributed by atoms with Crippen molar-refractivity contribution in [3.05, 3.63) is 28.3 Å². The van der Waals surface area contributed by atoms with E-state index < -0.39 is 0 Å². The van der Waals surface area contributed by atoms with Crippen molar-refractivity contribution < 1.29 is 5.11 Å². The number of aliphatic hydroxyl groups is 1. The zero-order valence-corrected chi connectivity index (χ0v) is 9.60. The Bertz CT molecular complexity index is 325. The normalized spacial score (nSPS) is 10.4. The summed E-state index contributed by atoms with van der Waals surface area (Å²) in [4.78, 5) is 2.08. The van der Waals surface area contributed by atoms with Crippen LogP contribution in [0.3, 0.4) is 0 Å². The minimum absolute atomic E-state index is 0.0433. The van der Waals surface area contributed by atoms with E-state index in [1.807, 2.05) is 26.1 Å². The molecule has 0 amide bonds. The van der Waals surface area contributed by atoms with Gasteiger partial charge in [0.1, 0.15) is 0 Å². The summed E-state index contributed by atoms with van der Waals surface area (Å²) in [7, 11) is 2.00. The quantitative estimate of drug-likeness (QED) is 0.835. The maximum Gasteiger partial charge on any atom is 0.0684 e. The van der Waals surface area contributed by atoms with Gasteiger partial charge in [-0.05, 0) is 37.1 Å². The first-order valence-electron chi connectivity index (χ1n) is 4.71. The first-order chi connectivity index (χ1) is 6.60. The standard InChI is InChI=1S/C11H16ClNO/c1-4-13(3)11-5-8(2)9(7-14)6-10(11)12/h5-6,14H,4,7H2,1-3H3. The van der Waals surface area contributed by atoms with E-state index in [-0.39, 0.29) is 6.61 Å². The summed E-state index contributed by atoms with van der Waals surface area (Å²) in [6.07, 6.45) is 0. The van der Waals surface area contributed by atoms with Crippen molar-refractivity contribution in [2.45, 2.75) is 20.5 Å². The van der Waals surface area contributed by atoms with Gasteiger partial charge >= 0.3 is 0 Å². The molecule has 0 aliphatic rings. The van der Waals surface area contributed by atoms with Crippen LogP contribution in [0.2, 0.25) is 5.02 Å². The summed E-state index contributed by atoms with van der Waals surface area (Å²) >= 11 is 6.10. The van der Waals surface area contributed by atoms with Gasteiger partial charge < -0.3 is 10.0 Å². The molecule has 78 valence electrons. The highest BCUT2D eigenvalue weighted by atomic mass is 35.5. The van der Waals surface area contributed by atoms with Crippen LogP contribution in [-0.4, -0.2) is 18.7 Å². The van der Waals surface area contributed by atoms with E-state index in [1.165, 1.54) is 0 Å². The van der Waals surface area contributed by atoms with Crippen LogP contribution >= 0.6 is 11.6 Å². The molecule has 0 spiro atoms. The molecule has 0 aromatic heterocycles. The molecule has 14 heavy (non-hydrogen) atoms. The number of hydrogen-bond acceptors (Lipinski definition) is 2. The molecule has 1 N–H and O–H groups in total. The highest BCUT2D eigenvalue weighted by Gasteiger charge is 2.07. The SMILES string of the molecule is CCN(C)c1cc(C)c(CO)cc1Cl. The number of anilines is 1. The highest BCUT2D eigenvalue weighted by Crippen LogP contribution is 2.28. The van der Waals surface area contributed by atoms with Gasteiger partial charge in [0.05, 0.1) is 17.3 Å². The molecular formula is C11H16ClNO. The van der Waals surface area contributed by atoms with Crippen LogP contribution in [0.4, 0.5) is 5.69 Å². The summed E-state index contributed by atoms with van der Waals surface area (Å²) in [6.45, 7) is 5.01. The molecule has 0 heterocycles. The van der Waals surface area contributed by atoms with Crippen LogP contribution in [0, 0.1) is 6.92 Å². The average molecular weight is 214 g/mol. The summed E-state index contributed by atoms with van der Waals surface area (Å²) in [5.41, 5.74) is 2.99. The van der Waals surface area contributed by atoms with Gasteiger partial charge in [-0.3, -0.25) is 0 Å². The summed E-state index contributed by atoms with van der Waals surface area (Å²) in [6, 6.07) is 3.84. The highest BCUT2D eigenvalue weighted by molar-refractivity contribution is 6.33. The third kappa shape index (κ3) is 2.20. The van der Waals surface area contributed by atoms with Crippen molar-refractivity contribution in [3.8, 4) is 0 Å². The third-order valence-electron chi connectivity index (χ3n) is 2.46. The van der Waals surface area contributed by atoms with Gasteiger partial charge in [0.15, 0.2) is 0 Å². The van der Waals surface area contributed by atoms with Crippen molar-refractivity contribution in [1.82, 2.24) is 0 Å². The lowest BCUT2D eigenvalue weighted by Gasteiger charge is -2.20. The lowest BCUT2D eigenvalue weighted by molar-refractivity contribution is 0.281. The Balaban J connectivity index is 3.14. The Morgan fingerprint density at radius 2 is 2.07 bits per heavy atom. The van der Waals surface area contributed by atoms with Gasteiger partial charge in [-0.15, -0.1) is 0 Å². The number of nitrogens with zero attached hydrogens (tertiary/aromatic N) is 1. The molecule has 0 saturated carbocycles. The molecule has 0 bridgehead atoms. The monoisotopic (exact) mass is 213 g/mol. The smallest absolute Gasteiger partial charge is 0.0684 e. The van der Waals surface area contributed by atoms with Crippen LogP contribution in [-0.2, 0) is 6.61 Å². The predicted molar refractivity (Wildman–Crippen MR) is 61.1 cm³/mol. The number of hydrogen-bond donors (Lipinski definition) is 1. The topological polar surface area (TPSA) is 23.5 Å². The number of halogens is 1. The molecule has 0 atom stereocenters. The van der Waals surface area contributed by atoms with Gasteiger partial charge in [-0.2, -0.15) is 0 Å². The second kappa shape index (κ2) is 4.67. The Morgan fingerprint density at radius 3 is 2.57 bits per heavy atom. The van der Waals surface area contributed by atoms with E-state index in [0.29, 0.717) is 5.02 Å². The molecule has 2 nitrogen and oxygen atoms in total. The molecular weight excluding hydrogens is 198 g/mol. The van der Waals surface area contributed by atoms with Crippen molar-refractivity contribution >= 4 is 17.3 Å². The first-order valence-corrected chi connectivity index (χ1v) is 5.09. The minimum Gasteiger partial charge on any atom is -0.392 e.